The number of hydrogen-bond acceptors (Lipinski definition) is 5. The third-order valence-electron chi connectivity index (χ3n) is 4.92. The van der Waals surface area contributed by atoms with Crippen LogP contribution in [0, 0.1) is 5.82 Å². The molecule has 4 heterocycles. The Kier molecular flexibility index (Phi) is 3.76. The van der Waals surface area contributed by atoms with Crippen molar-refractivity contribution in [1.29, 1.82) is 0 Å². The zero-order valence-electron chi connectivity index (χ0n) is 14.9. The molecular weight excluding hydrogens is 363 g/mol. The van der Waals surface area contributed by atoms with Gasteiger partial charge in [-0.15, -0.1) is 0 Å². The summed E-state index contributed by atoms with van der Waals surface area (Å²) in [5.41, 5.74) is 7.70. The molecule has 1 aliphatic rings. The number of H-pyrrole nitrogens is 1. The molecule has 0 saturated carbocycles. The number of primary amides is 1. The third kappa shape index (κ3) is 2.59. The Morgan fingerprint density at radius 3 is 2.79 bits per heavy atom. The van der Waals surface area contributed by atoms with Gasteiger partial charge < -0.3 is 24.8 Å². The first kappa shape index (κ1) is 16.7. The van der Waals surface area contributed by atoms with Gasteiger partial charge in [0.2, 0.25) is 0 Å². The Morgan fingerprint density at radius 2 is 2.00 bits per heavy atom. The number of nitrogens with zero attached hydrogens (tertiary/aromatic N) is 4. The van der Waals surface area contributed by atoms with Crippen molar-refractivity contribution in [1.82, 2.24) is 19.4 Å². The molecule has 5 rings (SSSR count). The number of hydrogen-bond donors (Lipinski definition) is 2. The average molecular weight is 380 g/mol. The van der Waals surface area contributed by atoms with Crippen molar-refractivity contribution >= 4 is 28.3 Å². The first-order valence-corrected chi connectivity index (χ1v) is 8.90. The van der Waals surface area contributed by atoms with Gasteiger partial charge in [0.15, 0.2) is 11.5 Å². The Balaban J connectivity index is 1.78. The lowest BCUT2D eigenvalue weighted by Gasteiger charge is -2.28. The van der Waals surface area contributed by atoms with Crippen LogP contribution in [0.15, 0.2) is 36.8 Å². The molecule has 142 valence electrons. The molecule has 9 heteroatoms. The van der Waals surface area contributed by atoms with Crippen molar-refractivity contribution in [3.05, 3.63) is 48.3 Å². The minimum Gasteiger partial charge on any atom is -0.378 e. The van der Waals surface area contributed by atoms with Crippen LogP contribution in [0.3, 0.4) is 0 Å². The van der Waals surface area contributed by atoms with E-state index < -0.39 is 5.91 Å². The Labute approximate surface area is 158 Å². The van der Waals surface area contributed by atoms with Gasteiger partial charge in [-0.25, -0.2) is 14.4 Å². The predicted molar refractivity (Wildman–Crippen MR) is 102 cm³/mol. The number of nitrogens with two attached hydrogens (primary N) is 1. The smallest absolute Gasteiger partial charge is 0.268 e. The van der Waals surface area contributed by atoms with Gasteiger partial charge in [-0.1, -0.05) is 0 Å². The number of amides is 1. The topological polar surface area (TPSA) is 102 Å². The summed E-state index contributed by atoms with van der Waals surface area (Å²) >= 11 is 0. The van der Waals surface area contributed by atoms with Gasteiger partial charge in [-0.05, 0) is 18.2 Å². The van der Waals surface area contributed by atoms with Gasteiger partial charge >= 0.3 is 0 Å². The zero-order valence-corrected chi connectivity index (χ0v) is 14.9. The van der Waals surface area contributed by atoms with Gasteiger partial charge in [-0.2, -0.15) is 0 Å². The van der Waals surface area contributed by atoms with Crippen LogP contribution < -0.4 is 10.6 Å². The van der Waals surface area contributed by atoms with E-state index in [1.807, 2.05) is 11.0 Å². The summed E-state index contributed by atoms with van der Waals surface area (Å²) in [4.78, 5) is 25.8. The van der Waals surface area contributed by atoms with E-state index in [0.717, 1.165) is 10.9 Å². The van der Waals surface area contributed by atoms with Gasteiger partial charge in [0.25, 0.3) is 5.91 Å². The fourth-order valence-corrected chi connectivity index (χ4v) is 3.58. The van der Waals surface area contributed by atoms with Crippen molar-refractivity contribution in [3.63, 3.8) is 0 Å². The largest absolute Gasteiger partial charge is 0.378 e. The molecule has 0 bridgehead atoms. The molecular formula is C19H17FN6O2. The molecule has 0 spiro atoms. The highest BCUT2D eigenvalue weighted by Crippen LogP contribution is 2.32. The number of nitrogens with one attached hydrogen (secondary N) is 1. The van der Waals surface area contributed by atoms with Crippen molar-refractivity contribution in [3.8, 4) is 11.3 Å². The lowest BCUT2D eigenvalue weighted by atomic mass is 10.1. The summed E-state index contributed by atoms with van der Waals surface area (Å²) in [7, 11) is 0. The SMILES string of the molecule is NC(=O)c1cn2cc(-c3c(F)ccc4[nH]ccc34)nc(N3CCOCC3)c2n1. The number of morpholine rings is 1. The highest BCUT2D eigenvalue weighted by atomic mass is 19.1. The van der Waals surface area contributed by atoms with Gasteiger partial charge in [0.1, 0.15) is 11.5 Å². The lowest BCUT2D eigenvalue weighted by Crippen LogP contribution is -2.37. The second-order valence-corrected chi connectivity index (χ2v) is 6.63. The molecule has 1 saturated heterocycles. The van der Waals surface area contributed by atoms with E-state index in [-0.39, 0.29) is 11.5 Å². The van der Waals surface area contributed by atoms with E-state index in [1.54, 1.807) is 29.1 Å². The summed E-state index contributed by atoms with van der Waals surface area (Å²) < 4.78 is 21.9. The minimum absolute atomic E-state index is 0.133. The fourth-order valence-electron chi connectivity index (χ4n) is 3.58. The molecule has 0 unspecified atom stereocenters. The summed E-state index contributed by atoms with van der Waals surface area (Å²) in [6, 6.07) is 4.92. The number of imidazole rings is 1. The zero-order chi connectivity index (χ0) is 19.3. The van der Waals surface area contributed by atoms with Crippen LogP contribution in [-0.2, 0) is 4.74 Å². The van der Waals surface area contributed by atoms with Gasteiger partial charge in [0, 0.05) is 48.1 Å². The van der Waals surface area contributed by atoms with Crippen LogP contribution in [0.25, 0.3) is 27.8 Å². The van der Waals surface area contributed by atoms with Crippen molar-refractivity contribution in [2.45, 2.75) is 0 Å². The molecule has 0 aliphatic carbocycles. The number of carbonyl (C=O) groups is 1. The van der Waals surface area contributed by atoms with Crippen LogP contribution >= 0.6 is 0 Å². The summed E-state index contributed by atoms with van der Waals surface area (Å²) in [5.74, 6) is -0.431. The fraction of sp³-hybridized carbons (Fsp3) is 0.211. The Bertz CT molecular complexity index is 1210. The molecule has 1 amide bonds. The van der Waals surface area contributed by atoms with E-state index in [0.29, 0.717) is 49.0 Å². The van der Waals surface area contributed by atoms with Crippen LogP contribution in [0.4, 0.5) is 10.2 Å². The Hall–Kier alpha value is -3.46. The van der Waals surface area contributed by atoms with Crippen LogP contribution in [0.2, 0.25) is 0 Å². The monoisotopic (exact) mass is 380 g/mol. The van der Waals surface area contributed by atoms with Gasteiger partial charge in [0.05, 0.1) is 18.9 Å². The van der Waals surface area contributed by atoms with E-state index >= 15 is 0 Å². The van der Waals surface area contributed by atoms with Gasteiger partial charge in [-0.3, -0.25) is 4.79 Å². The van der Waals surface area contributed by atoms with Crippen molar-refractivity contribution in [2.24, 2.45) is 5.73 Å². The van der Waals surface area contributed by atoms with Crippen LogP contribution in [0.1, 0.15) is 10.5 Å². The number of fused-ring (bicyclic) bond motifs is 2. The number of ether oxygens (including phenoxy) is 1. The molecule has 8 nitrogen and oxygen atoms in total. The molecule has 3 N–H and O–H groups in total. The maximum Gasteiger partial charge on any atom is 0.268 e. The second kappa shape index (κ2) is 6.31. The molecule has 1 fully saturated rings. The normalized spacial score (nSPS) is 14.8. The van der Waals surface area contributed by atoms with E-state index in [9.17, 15) is 9.18 Å². The highest BCUT2D eigenvalue weighted by Gasteiger charge is 2.22. The quantitative estimate of drug-likeness (QED) is 0.566. The maximum absolute atomic E-state index is 14.8. The van der Waals surface area contributed by atoms with E-state index in [1.165, 1.54) is 6.07 Å². The van der Waals surface area contributed by atoms with Crippen LogP contribution in [-0.4, -0.2) is 51.6 Å². The minimum atomic E-state index is -0.628. The lowest BCUT2D eigenvalue weighted by molar-refractivity contribution is 0.0996. The molecule has 0 radical (unpaired) electrons. The van der Waals surface area contributed by atoms with E-state index in [4.69, 9.17) is 15.5 Å². The average Bonchev–Trinajstić information content (AvgIpc) is 3.34. The number of anilines is 1. The maximum atomic E-state index is 14.8. The third-order valence-corrected chi connectivity index (χ3v) is 4.92. The molecule has 1 aromatic carbocycles. The van der Waals surface area contributed by atoms with Crippen molar-refractivity contribution < 1.29 is 13.9 Å². The standard InChI is InChI=1S/C19H17FN6O2/c20-12-1-2-13-11(3-4-22-13)16(12)14-9-26-10-15(17(21)27)24-19(26)18(23-14)25-5-7-28-8-6-25/h1-4,9-10,22H,5-8H2,(H2,21,27). The van der Waals surface area contributed by atoms with Crippen molar-refractivity contribution in [2.75, 3.05) is 31.2 Å². The number of aromatic amines is 1. The number of carbonyl (C=O) groups excluding carboxylic acids is 1. The molecule has 1 aliphatic heterocycles. The number of halogens is 1. The predicted octanol–water partition coefficient (Wildman–Crippen LogP) is 1.95. The first-order chi connectivity index (χ1) is 13.6. The summed E-state index contributed by atoms with van der Waals surface area (Å²) in [6.45, 7) is 2.37. The molecule has 4 aromatic rings. The molecule has 28 heavy (non-hydrogen) atoms. The number of aromatic nitrogens is 4. The highest BCUT2D eigenvalue weighted by molar-refractivity contribution is 5.95. The molecule has 0 atom stereocenters. The summed E-state index contributed by atoms with van der Waals surface area (Å²) in [6.07, 6.45) is 4.98. The Morgan fingerprint density at radius 1 is 1.18 bits per heavy atom. The first-order valence-electron chi connectivity index (χ1n) is 8.90. The van der Waals surface area contributed by atoms with Crippen LogP contribution in [0.5, 0.6) is 0 Å². The summed E-state index contributed by atoms with van der Waals surface area (Å²) in [5, 5.41) is 0.731. The van der Waals surface area contributed by atoms with E-state index in [2.05, 4.69) is 9.97 Å². The number of rotatable bonds is 3. The number of benzene rings is 1. The second-order valence-electron chi connectivity index (χ2n) is 6.63. The molecule has 3 aromatic heterocycles.